The number of piperidine rings is 3. The van der Waals surface area contributed by atoms with Crippen LogP contribution < -0.4 is 4.90 Å². The summed E-state index contributed by atoms with van der Waals surface area (Å²) in [4.78, 5) is 19.9. The molecule has 1 amide bonds. The van der Waals surface area contributed by atoms with Crippen LogP contribution in [0.1, 0.15) is 51.3 Å². The second-order valence-corrected chi connectivity index (χ2v) is 10.5. The van der Waals surface area contributed by atoms with E-state index >= 15 is 0 Å². The van der Waals surface area contributed by atoms with E-state index in [0.717, 1.165) is 36.5 Å². The Labute approximate surface area is 203 Å². The highest BCUT2D eigenvalue weighted by molar-refractivity contribution is 5.79. The van der Waals surface area contributed by atoms with Crippen LogP contribution in [0, 0.1) is 17.8 Å². The van der Waals surface area contributed by atoms with Gasteiger partial charge in [0.05, 0.1) is 0 Å². The topological polar surface area (TPSA) is 69.9 Å². The molecule has 11 heteroatoms. The van der Waals surface area contributed by atoms with E-state index in [4.69, 9.17) is 0 Å². The van der Waals surface area contributed by atoms with Gasteiger partial charge < -0.3 is 14.7 Å². The lowest BCUT2D eigenvalue weighted by Gasteiger charge is -2.40. The lowest BCUT2D eigenvalue weighted by molar-refractivity contribution is -0.146. The monoisotopic (exact) mass is 493 g/mol. The second kappa shape index (κ2) is 9.91. The van der Waals surface area contributed by atoms with Gasteiger partial charge in [-0.3, -0.25) is 4.79 Å². The van der Waals surface area contributed by atoms with Crippen LogP contribution in [0.4, 0.5) is 19.0 Å². The Morgan fingerprint density at radius 2 is 1.74 bits per heavy atom. The van der Waals surface area contributed by atoms with Crippen LogP contribution in [0.25, 0.3) is 5.65 Å². The van der Waals surface area contributed by atoms with E-state index < -0.39 is 12.0 Å². The maximum absolute atomic E-state index is 13.3. The minimum atomic E-state index is -4.62. The molecule has 3 saturated heterocycles. The molecule has 0 spiro atoms. The summed E-state index contributed by atoms with van der Waals surface area (Å²) in [5.41, 5.74) is 0.0601. The van der Waals surface area contributed by atoms with E-state index in [1.807, 2.05) is 4.90 Å². The van der Waals surface area contributed by atoms with Crippen molar-refractivity contribution in [3.8, 4) is 0 Å². The molecule has 1 unspecified atom stereocenters. The molecule has 5 heterocycles. The number of amides is 1. The quantitative estimate of drug-likeness (QED) is 0.651. The van der Waals surface area contributed by atoms with E-state index in [-0.39, 0.29) is 17.5 Å². The fourth-order valence-corrected chi connectivity index (χ4v) is 5.76. The number of likely N-dealkylation sites (tertiary alicyclic amines) is 2. The number of halogens is 3. The molecule has 35 heavy (non-hydrogen) atoms. The highest BCUT2D eigenvalue weighted by Crippen LogP contribution is 2.30. The summed E-state index contributed by atoms with van der Waals surface area (Å²) >= 11 is 0. The molecule has 0 radical (unpaired) electrons. The van der Waals surface area contributed by atoms with Gasteiger partial charge in [0, 0.05) is 38.6 Å². The normalized spacial score (nSPS) is 23.8. The van der Waals surface area contributed by atoms with Crippen LogP contribution in [-0.2, 0) is 11.0 Å². The molecule has 3 aliphatic heterocycles. The Morgan fingerprint density at radius 1 is 1.00 bits per heavy atom. The van der Waals surface area contributed by atoms with Crippen molar-refractivity contribution in [2.24, 2.45) is 17.8 Å². The molecule has 0 aliphatic carbocycles. The summed E-state index contributed by atoms with van der Waals surface area (Å²) in [7, 11) is 0. The van der Waals surface area contributed by atoms with Gasteiger partial charge in [0.15, 0.2) is 5.65 Å². The Morgan fingerprint density at radius 3 is 2.46 bits per heavy atom. The first-order valence-electron chi connectivity index (χ1n) is 12.8. The Kier molecular flexibility index (Phi) is 6.87. The number of aromatic nitrogens is 4. The molecule has 2 aromatic rings. The number of carbonyl (C=O) groups is 1. The first-order chi connectivity index (χ1) is 16.8. The van der Waals surface area contributed by atoms with Gasteiger partial charge >= 0.3 is 6.18 Å². The smallest absolute Gasteiger partial charge is 0.355 e. The van der Waals surface area contributed by atoms with E-state index in [1.54, 1.807) is 6.07 Å². The molecule has 0 aromatic carbocycles. The van der Waals surface area contributed by atoms with E-state index in [2.05, 4.69) is 32.0 Å². The number of rotatable bonds is 4. The molecule has 3 fully saturated rings. The summed E-state index contributed by atoms with van der Waals surface area (Å²) in [6, 6.07) is 3.17. The van der Waals surface area contributed by atoms with Crippen molar-refractivity contribution in [1.82, 2.24) is 29.6 Å². The van der Waals surface area contributed by atoms with Crippen molar-refractivity contribution in [3.05, 3.63) is 18.0 Å². The molecule has 5 rings (SSSR count). The fraction of sp³-hybridized carbons (Fsp3) is 0.750. The summed E-state index contributed by atoms with van der Waals surface area (Å²) < 4.78 is 40.3. The Balaban J connectivity index is 1.16. The molecule has 0 saturated carbocycles. The zero-order valence-corrected chi connectivity index (χ0v) is 20.3. The third-order valence-corrected chi connectivity index (χ3v) is 7.89. The number of anilines is 1. The van der Waals surface area contributed by atoms with E-state index in [0.29, 0.717) is 37.7 Å². The standard InChI is InChI=1S/C24H34F3N7O/c1-17-6-11-31(12-7-17)15-18-3-2-10-33(16-18)22(35)19-8-13-32(14-9-19)21-5-4-20-28-29-23(24(25,26)27)34(20)30-21/h4-5,17-19H,2-3,6-16H2,1H3. The zero-order valence-electron chi connectivity index (χ0n) is 20.3. The van der Waals surface area contributed by atoms with Crippen molar-refractivity contribution in [1.29, 1.82) is 0 Å². The molecular formula is C24H34F3N7O. The van der Waals surface area contributed by atoms with Gasteiger partial charge in [-0.1, -0.05) is 6.92 Å². The molecule has 2 aromatic heterocycles. The van der Waals surface area contributed by atoms with Crippen LogP contribution in [0.5, 0.6) is 0 Å². The van der Waals surface area contributed by atoms with Crippen LogP contribution in [0.3, 0.4) is 0 Å². The minimum absolute atomic E-state index is 0.0368. The maximum atomic E-state index is 13.3. The van der Waals surface area contributed by atoms with Crippen molar-refractivity contribution < 1.29 is 18.0 Å². The van der Waals surface area contributed by atoms with Gasteiger partial charge in [-0.25, -0.2) is 0 Å². The summed E-state index contributed by atoms with van der Waals surface area (Å²) in [6.45, 7) is 8.60. The number of hydrogen-bond donors (Lipinski definition) is 0. The maximum Gasteiger partial charge on any atom is 0.453 e. The van der Waals surface area contributed by atoms with Gasteiger partial charge in [-0.05, 0) is 75.6 Å². The third kappa shape index (κ3) is 5.39. The summed E-state index contributed by atoms with van der Waals surface area (Å²) in [6.07, 6.45) is 1.52. The highest BCUT2D eigenvalue weighted by atomic mass is 19.4. The molecular weight excluding hydrogens is 459 g/mol. The SMILES string of the molecule is CC1CCN(CC2CCCN(C(=O)C3CCN(c4ccc5nnc(C(F)(F)F)n5n4)CC3)C2)CC1. The van der Waals surface area contributed by atoms with Crippen molar-refractivity contribution in [2.45, 2.75) is 51.6 Å². The first-order valence-corrected chi connectivity index (χ1v) is 12.8. The van der Waals surface area contributed by atoms with E-state index in [1.165, 1.54) is 38.4 Å². The minimum Gasteiger partial charge on any atom is -0.355 e. The second-order valence-electron chi connectivity index (χ2n) is 10.5. The van der Waals surface area contributed by atoms with Crippen LogP contribution in [0.2, 0.25) is 0 Å². The Bertz CT molecular complexity index is 1030. The van der Waals surface area contributed by atoms with Crippen molar-refractivity contribution in [2.75, 3.05) is 50.7 Å². The molecule has 0 bridgehead atoms. The highest BCUT2D eigenvalue weighted by Gasteiger charge is 2.38. The van der Waals surface area contributed by atoms with Crippen LogP contribution in [-0.4, -0.2) is 81.3 Å². The van der Waals surface area contributed by atoms with Crippen molar-refractivity contribution >= 4 is 17.4 Å². The van der Waals surface area contributed by atoms with Crippen LogP contribution in [0.15, 0.2) is 12.1 Å². The lowest BCUT2D eigenvalue weighted by Crippen LogP contribution is -2.48. The number of hydrogen-bond acceptors (Lipinski definition) is 6. The molecule has 3 aliphatic rings. The molecule has 1 atom stereocenters. The summed E-state index contributed by atoms with van der Waals surface area (Å²) in [5, 5.41) is 11.0. The lowest BCUT2D eigenvalue weighted by atomic mass is 9.91. The molecule has 192 valence electrons. The fourth-order valence-electron chi connectivity index (χ4n) is 5.76. The van der Waals surface area contributed by atoms with Crippen molar-refractivity contribution in [3.63, 3.8) is 0 Å². The average molecular weight is 494 g/mol. The number of carbonyl (C=O) groups excluding carboxylic acids is 1. The predicted octanol–water partition coefficient (Wildman–Crippen LogP) is 3.33. The van der Waals surface area contributed by atoms with Crippen LogP contribution >= 0.6 is 0 Å². The summed E-state index contributed by atoms with van der Waals surface area (Å²) in [5.74, 6) is 0.889. The zero-order chi connectivity index (χ0) is 24.6. The predicted molar refractivity (Wildman–Crippen MR) is 125 cm³/mol. The number of nitrogens with zero attached hydrogens (tertiary/aromatic N) is 7. The number of fused-ring (bicyclic) bond motifs is 1. The number of alkyl halides is 3. The first kappa shape index (κ1) is 24.3. The molecule has 0 N–H and O–H groups in total. The van der Waals surface area contributed by atoms with Gasteiger partial charge in [0.2, 0.25) is 5.91 Å². The average Bonchev–Trinajstić information content (AvgIpc) is 3.29. The Hall–Kier alpha value is -2.43. The van der Waals surface area contributed by atoms with Gasteiger partial charge in [-0.2, -0.15) is 17.7 Å². The third-order valence-electron chi connectivity index (χ3n) is 7.89. The van der Waals surface area contributed by atoms with Gasteiger partial charge in [-0.15, -0.1) is 15.3 Å². The molecule has 8 nitrogen and oxygen atoms in total. The van der Waals surface area contributed by atoms with E-state index in [9.17, 15) is 18.0 Å². The van der Waals surface area contributed by atoms with Gasteiger partial charge in [0.25, 0.3) is 5.82 Å². The largest absolute Gasteiger partial charge is 0.453 e. The van der Waals surface area contributed by atoms with Gasteiger partial charge in [0.1, 0.15) is 5.82 Å².